The van der Waals surface area contributed by atoms with Gasteiger partial charge in [-0.15, -0.1) is 0 Å². The topological polar surface area (TPSA) is 64.6 Å². The maximum atomic E-state index is 12.6. The fourth-order valence-corrected chi connectivity index (χ4v) is 4.24. The monoisotopic (exact) mass is 333 g/mol. The summed E-state index contributed by atoms with van der Waals surface area (Å²) in [6, 6.07) is 12.3. The molecule has 1 N–H and O–H groups in total. The molecule has 0 saturated heterocycles. The van der Waals surface area contributed by atoms with Crippen LogP contribution in [0.5, 0.6) is 11.5 Å². The van der Waals surface area contributed by atoms with Crippen LogP contribution in [0, 0.1) is 6.92 Å². The number of methoxy groups -OCH3 is 1. The van der Waals surface area contributed by atoms with Gasteiger partial charge in [0.05, 0.1) is 18.0 Å². The molecular formula is C17H19NO4S. The van der Waals surface area contributed by atoms with E-state index in [1.54, 1.807) is 32.2 Å². The van der Waals surface area contributed by atoms with Crippen molar-refractivity contribution in [2.45, 2.75) is 24.3 Å². The fourth-order valence-electron chi connectivity index (χ4n) is 2.77. The summed E-state index contributed by atoms with van der Waals surface area (Å²) < 4.78 is 38.9. The molecule has 5 nitrogen and oxygen atoms in total. The highest BCUT2D eigenvalue weighted by Crippen LogP contribution is 2.34. The van der Waals surface area contributed by atoms with Crippen molar-refractivity contribution < 1.29 is 17.9 Å². The van der Waals surface area contributed by atoms with Crippen molar-refractivity contribution in [3.63, 3.8) is 0 Å². The normalized spacial score (nSPS) is 17.2. The molecule has 0 radical (unpaired) electrons. The highest BCUT2D eigenvalue weighted by molar-refractivity contribution is 7.89. The lowest BCUT2D eigenvalue weighted by molar-refractivity contribution is 0.240. The molecule has 122 valence electrons. The van der Waals surface area contributed by atoms with E-state index in [0.29, 0.717) is 22.8 Å². The number of nitrogens with one attached hydrogen (secondary N) is 1. The van der Waals surface area contributed by atoms with Gasteiger partial charge in [-0.05, 0) is 36.6 Å². The number of hydrogen-bond donors (Lipinski definition) is 1. The molecule has 0 aromatic heterocycles. The molecule has 0 bridgehead atoms. The van der Waals surface area contributed by atoms with Crippen molar-refractivity contribution in [1.29, 1.82) is 0 Å². The van der Waals surface area contributed by atoms with Gasteiger partial charge in [-0.3, -0.25) is 0 Å². The van der Waals surface area contributed by atoms with Gasteiger partial charge in [-0.1, -0.05) is 30.3 Å². The predicted molar refractivity (Wildman–Crippen MR) is 87.5 cm³/mol. The second kappa shape index (κ2) is 6.22. The molecular weight excluding hydrogens is 314 g/mol. The van der Waals surface area contributed by atoms with Crippen molar-refractivity contribution in [3.05, 3.63) is 53.6 Å². The first-order valence-corrected chi connectivity index (χ1v) is 8.86. The number of rotatable bonds is 4. The van der Waals surface area contributed by atoms with E-state index < -0.39 is 10.0 Å². The summed E-state index contributed by atoms with van der Waals surface area (Å²) in [4.78, 5) is 0.302. The minimum Gasteiger partial charge on any atom is -0.493 e. The van der Waals surface area contributed by atoms with Crippen LogP contribution in [-0.4, -0.2) is 28.2 Å². The Balaban J connectivity index is 1.81. The molecule has 3 rings (SSSR count). The van der Waals surface area contributed by atoms with E-state index >= 15 is 0 Å². The number of sulfonamides is 1. The van der Waals surface area contributed by atoms with Gasteiger partial charge in [0.15, 0.2) is 11.5 Å². The summed E-state index contributed by atoms with van der Waals surface area (Å²) in [6.45, 7) is 2.06. The van der Waals surface area contributed by atoms with Crippen molar-refractivity contribution in [1.82, 2.24) is 4.72 Å². The Kier molecular flexibility index (Phi) is 4.28. The van der Waals surface area contributed by atoms with Gasteiger partial charge < -0.3 is 9.47 Å². The average Bonchev–Trinajstić information content (AvgIpc) is 2.54. The van der Waals surface area contributed by atoms with Crippen molar-refractivity contribution in [3.8, 4) is 11.5 Å². The van der Waals surface area contributed by atoms with Gasteiger partial charge in [0.25, 0.3) is 0 Å². The van der Waals surface area contributed by atoms with Crippen molar-refractivity contribution in [2.24, 2.45) is 0 Å². The van der Waals surface area contributed by atoms with Crippen molar-refractivity contribution in [2.75, 3.05) is 13.7 Å². The first kappa shape index (κ1) is 15.8. The highest BCUT2D eigenvalue weighted by atomic mass is 32.2. The lowest BCUT2D eigenvalue weighted by Gasteiger charge is -2.27. The van der Waals surface area contributed by atoms with Gasteiger partial charge in [0, 0.05) is 0 Å². The summed E-state index contributed by atoms with van der Waals surface area (Å²) in [6.07, 6.45) is 0.567. The summed E-state index contributed by atoms with van der Waals surface area (Å²) in [5.74, 6) is 1.36. The SMILES string of the molecule is COc1cccc2c1OC[C@@H](NS(=O)(=O)c1ccccc1C)C2. The quantitative estimate of drug-likeness (QED) is 0.932. The smallest absolute Gasteiger partial charge is 0.241 e. The molecule has 6 heteroatoms. The molecule has 1 heterocycles. The van der Waals surface area contributed by atoms with Crippen LogP contribution >= 0.6 is 0 Å². The molecule has 0 fully saturated rings. The molecule has 0 spiro atoms. The maximum Gasteiger partial charge on any atom is 0.241 e. The van der Waals surface area contributed by atoms with E-state index in [0.717, 1.165) is 11.1 Å². The van der Waals surface area contributed by atoms with E-state index in [1.807, 2.05) is 24.3 Å². The van der Waals surface area contributed by atoms with Gasteiger partial charge in [0.2, 0.25) is 10.0 Å². The number of benzene rings is 2. The van der Waals surface area contributed by atoms with Crippen LogP contribution < -0.4 is 14.2 Å². The molecule has 1 atom stereocenters. The molecule has 0 aliphatic carbocycles. The fraction of sp³-hybridized carbons (Fsp3) is 0.294. The van der Waals surface area contributed by atoms with E-state index in [9.17, 15) is 8.42 Å². The predicted octanol–water partition coefficient (Wildman–Crippen LogP) is 2.29. The lowest BCUT2D eigenvalue weighted by atomic mass is 10.0. The molecule has 0 saturated carbocycles. The Morgan fingerprint density at radius 2 is 1.96 bits per heavy atom. The van der Waals surface area contributed by atoms with Crippen LogP contribution in [0.15, 0.2) is 47.4 Å². The number of fused-ring (bicyclic) bond motifs is 1. The van der Waals surface area contributed by atoms with Gasteiger partial charge in [-0.2, -0.15) is 0 Å². The number of para-hydroxylation sites is 1. The summed E-state index contributed by atoms with van der Waals surface area (Å²) in [5.41, 5.74) is 1.66. The second-order valence-corrected chi connectivity index (χ2v) is 7.23. The highest BCUT2D eigenvalue weighted by Gasteiger charge is 2.27. The van der Waals surface area contributed by atoms with E-state index in [2.05, 4.69) is 4.72 Å². The van der Waals surface area contributed by atoms with Gasteiger partial charge >= 0.3 is 0 Å². The summed E-state index contributed by atoms with van der Waals surface area (Å²) in [7, 11) is -1.98. The summed E-state index contributed by atoms with van der Waals surface area (Å²) >= 11 is 0. The van der Waals surface area contributed by atoms with Crippen LogP contribution in [0.4, 0.5) is 0 Å². The largest absolute Gasteiger partial charge is 0.493 e. The zero-order valence-corrected chi connectivity index (χ0v) is 13.9. The molecule has 2 aromatic rings. The van der Waals surface area contributed by atoms with Crippen LogP contribution in [0.2, 0.25) is 0 Å². The minimum absolute atomic E-state index is 0.276. The summed E-state index contributed by atoms with van der Waals surface area (Å²) in [5, 5.41) is 0. The van der Waals surface area contributed by atoms with Crippen LogP contribution in [0.3, 0.4) is 0 Å². The molecule has 23 heavy (non-hydrogen) atoms. The number of aryl methyl sites for hydroxylation is 1. The third-order valence-corrected chi connectivity index (χ3v) is 5.56. The molecule has 0 unspecified atom stereocenters. The van der Waals surface area contributed by atoms with Gasteiger partial charge in [-0.25, -0.2) is 13.1 Å². The van der Waals surface area contributed by atoms with Crippen molar-refractivity contribution >= 4 is 10.0 Å². The van der Waals surface area contributed by atoms with Crippen LogP contribution in [-0.2, 0) is 16.4 Å². The van der Waals surface area contributed by atoms with E-state index in [1.165, 1.54) is 0 Å². The first-order valence-electron chi connectivity index (χ1n) is 7.38. The first-order chi connectivity index (χ1) is 11.0. The molecule has 2 aromatic carbocycles. The van der Waals surface area contributed by atoms with Gasteiger partial charge in [0.1, 0.15) is 6.61 Å². The Labute approximate surface area is 136 Å². The molecule has 1 aliphatic heterocycles. The third-order valence-electron chi connectivity index (χ3n) is 3.88. The Hall–Kier alpha value is -2.05. The minimum atomic E-state index is -3.57. The Morgan fingerprint density at radius 1 is 1.17 bits per heavy atom. The third kappa shape index (κ3) is 3.18. The van der Waals surface area contributed by atoms with Crippen LogP contribution in [0.1, 0.15) is 11.1 Å². The molecule has 0 amide bonds. The Bertz CT molecular complexity index is 817. The zero-order chi connectivity index (χ0) is 16.4. The lowest BCUT2D eigenvalue weighted by Crippen LogP contribution is -2.42. The standard InChI is InChI=1S/C17H19NO4S/c1-12-6-3-4-9-16(12)23(19,20)18-14-10-13-7-5-8-15(21-2)17(13)22-11-14/h3-9,14,18H,10-11H2,1-2H3/t14-/m0/s1. The Morgan fingerprint density at radius 3 is 2.70 bits per heavy atom. The average molecular weight is 333 g/mol. The van der Waals surface area contributed by atoms with E-state index in [-0.39, 0.29) is 12.6 Å². The molecule has 1 aliphatic rings. The second-order valence-electron chi connectivity index (χ2n) is 5.55. The number of ether oxygens (including phenoxy) is 2. The zero-order valence-electron chi connectivity index (χ0n) is 13.1. The van der Waals surface area contributed by atoms with E-state index in [4.69, 9.17) is 9.47 Å². The number of hydrogen-bond acceptors (Lipinski definition) is 4. The van der Waals surface area contributed by atoms with Crippen LogP contribution in [0.25, 0.3) is 0 Å². The maximum absolute atomic E-state index is 12.6.